The zero-order valence-corrected chi connectivity index (χ0v) is 8.18. The maximum Gasteiger partial charge on any atom is 0.0715 e. The maximum absolute atomic E-state index is 5.09. The minimum atomic E-state index is 0.698. The summed E-state index contributed by atoms with van der Waals surface area (Å²) in [7, 11) is 1.72. The molecule has 1 aromatic carbocycles. The lowest BCUT2D eigenvalue weighted by Gasteiger charge is -2.06. The summed E-state index contributed by atoms with van der Waals surface area (Å²) in [4.78, 5) is 0. The Morgan fingerprint density at radius 2 is 1.92 bits per heavy atom. The van der Waals surface area contributed by atoms with E-state index in [0.29, 0.717) is 6.61 Å². The lowest BCUT2D eigenvalue weighted by molar-refractivity contribution is 0.184. The van der Waals surface area contributed by atoms with Gasteiger partial charge >= 0.3 is 0 Å². The van der Waals surface area contributed by atoms with Gasteiger partial charge in [-0.15, -0.1) is 0 Å². The van der Waals surface area contributed by atoms with Crippen molar-refractivity contribution in [3.8, 4) is 0 Å². The van der Waals surface area contributed by atoms with Crippen LogP contribution in [0.2, 0.25) is 0 Å². The molecule has 0 saturated heterocycles. The van der Waals surface area contributed by atoms with Gasteiger partial charge in [0.15, 0.2) is 0 Å². The maximum atomic E-state index is 5.09. The Kier molecular flexibility index (Phi) is 4.19. The third kappa shape index (κ3) is 2.54. The van der Waals surface area contributed by atoms with Crippen LogP contribution in [-0.4, -0.2) is 12.9 Å². The average Bonchev–Trinajstić information content (AvgIpc) is 2.09. The van der Waals surface area contributed by atoms with Crippen molar-refractivity contribution in [3.63, 3.8) is 0 Å². The summed E-state index contributed by atoms with van der Waals surface area (Å²) in [5.74, 6) is 0.890. The van der Waals surface area contributed by atoms with Gasteiger partial charge in [0.05, 0.1) is 6.61 Å². The molecular formula is C10H14OS. The second-order valence-electron chi connectivity index (χ2n) is 2.68. The summed E-state index contributed by atoms with van der Waals surface area (Å²) < 4.78 is 5.09. The van der Waals surface area contributed by atoms with Gasteiger partial charge in [0, 0.05) is 7.11 Å². The zero-order chi connectivity index (χ0) is 8.81. The van der Waals surface area contributed by atoms with Gasteiger partial charge < -0.3 is 4.74 Å². The third-order valence-corrected chi connectivity index (χ3v) is 2.02. The van der Waals surface area contributed by atoms with Gasteiger partial charge in [-0.2, -0.15) is 12.6 Å². The highest BCUT2D eigenvalue weighted by Crippen LogP contribution is 2.10. The molecule has 0 heterocycles. The molecule has 0 unspecified atom stereocenters. The topological polar surface area (TPSA) is 9.23 Å². The van der Waals surface area contributed by atoms with E-state index < -0.39 is 0 Å². The summed E-state index contributed by atoms with van der Waals surface area (Å²) in [6.45, 7) is 0.698. The lowest BCUT2D eigenvalue weighted by Crippen LogP contribution is -1.96. The van der Waals surface area contributed by atoms with Crippen LogP contribution in [-0.2, 0) is 17.8 Å². The van der Waals surface area contributed by atoms with Crippen molar-refractivity contribution in [1.29, 1.82) is 0 Å². The largest absolute Gasteiger partial charge is 0.380 e. The fraction of sp³-hybridized carbons (Fsp3) is 0.400. The number of hydrogen-bond donors (Lipinski definition) is 1. The minimum absolute atomic E-state index is 0.698. The first-order chi connectivity index (χ1) is 5.88. The molecule has 0 spiro atoms. The van der Waals surface area contributed by atoms with Crippen LogP contribution in [0.5, 0.6) is 0 Å². The number of hydrogen-bond acceptors (Lipinski definition) is 2. The van der Waals surface area contributed by atoms with E-state index in [0.717, 1.165) is 12.2 Å². The van der Waals surface area contributed by atoms with Crippen molar-refractivity contribution in [2.24, 2.45) is 0 Å². The Morgan fingerprint density at radius 1 is 1.25 bits per heavy atom. The average molecular weight is 182 g/mol. The van der Waals surface area contributed by atoms with Crippen LogP contribution in [0, 0.1) is 0 Å². The monoisotopic (exact) mass is 182 g/mol. The Morgan fingerprint density at radius 3 is 2.50 bits per heavy atom. The van der Waals surface area contributed by atoms with E-state index in [1.54, 1.807) is 7.11 Å². The van der Waals surface area contributed by atoms with Crippen LogP contribution in [0.3, 0.4) is 0 Å². The number of aryl methyl sites for hydroxylation is 1. The molecule has 0 aromatic heterocycles. The molecule has 1 aromatic rings. The van der Waals surface area contributed by atoms with Crippen LogP contribution in [0.25, 0.3) is 0 Å². The SMILES string of the molecule is COCc1ccccc1CCS. The van der Waals surface area contributed by atoms with Crippen molar-refractivity contribution in [2.45, 2.75) is 13.0 Å². The lowest BCUT2D eigenvalue weighted by atomic mass is 10.1. The molecule has 2 heteroatoms. The molecule has 12 heavy (non-hydrogen) atoms. The second kappa shape index (κ2) is 5.22. The standard InChI is InChI=1S/C10H14OS/c1-11-8-10-5-3-2-4-9(10)6-7-12/h2-5,12H,6-8H2,1H3. The minimum Gasteiger partial charge on any atom is -0.380 e. The molecule has 1 rings (SSSR count). The van der Waals surface area contributed by atoms with Crippen molar-refractivity contribution in [2.75, 3.05) is 12.9 Å². The predicted octanol–water partition coefficient (Wildman–Crippen LogP) is 2.31. The first kappa shape index (κ1) is 9.62. The van der Waals surface area contributed by atoms with Crippen LogP contribution < -0.4 is 0 Å². The van der Waals surface area contributed by atoms with Crippen molar-refractivity contribution >= 4 is 12.6 Å². The van der Waals surface area contributed by atoms with E-state index in [9.17, 15) is 0 Å². The molecule has 0 atom stereocenters. The molecule has 0 bridgehead atoms. The quantitative estimate of drug-likeness (QED) is 0.703. The van der Waals surface area contributed by atoms with E-state index in [1.165, 1.54) is 11.1 Å². The molecule has 0 amide bonds. The van der Waals surface area contributed by atoms with Crippen LogP contribution in [0.1, 0.15) is 11.1 Å². The summed E-state index contributed by atoms with van der Waals surface area (Å²) in [6.07, 6.45) is 1.02. The molecule has 0 aliphatic heterocycles. The smallest absolute Gasteiger partial charge is 0.0715 e. The fourth-order valence-corrected chi connectivity index (χ4v) is 1.46. The van der Waals surface area contributed by atoms with Crippen LogP contribution in [0.15, 0.2) is 24.3 Å². The summed E-state index contributed by atoms with van der Waals surface area (Å²) >= 11 is 4.21. The van der Waals surface area contributed by atoms with Crippen molar-refractivity contribution in [1.82, 2.24) is 0 Å². The highest BCUT2D eigenvalue weighted by molar-refractivity contribution is 7.80. The summed E-state index contributed by atoms with van der Waals surface area (Å²) in [5.41, 5.74) is 2.61. The number of rotatable bonds is 4. The van der Waals surface area contributed by atoms with Gasteiger partial charge in [-0.1, -0.05) is 24.3 Å². The molecule has 0 N–H and O–H groups in total. The zero-order valence-electron chi connectivity index (χ0n) is 7.29. The van der Waals surface area contributed by atoms with Gasteiger partial charge in [-0.25, -0.2) is 0 Å². The molecule has 0 saturated carbocycles. The van der Waals surface area contributed by atoms with Gasteiger partial charge in [0.2, 0.25) is 0 Å². The Hall–Kier alpha value is -0.470. The summed E-state index contributed by atoms with van der Waals surface area (Å²) in [5, 5.41) is 0. The first-order valence-electron chi connectivity index (χ1n) is 4.05. The predicted molar refractivity (Wildman–Crippen MR) is 54.7 cm³/mol. The molecule has 0 aliphatic rings. The highest BCUT2D eigenvalue weighted by atomic mass is 32.1. The number of ether oxygens (including phenoxy) is 1. The molecule has 1 nitrogen and oxygen atoms in total. The van der Waals surface area contributed by atoms with E-state index in [2.05, 4.69) is 30.8 Å². The van der Waals surface area contributed by atoms with Crippen molar-refractivity contribution < 1.29 is 4.74 Å². The van der Waals surface area contributed by atoms with E-state index in [4.69, 9.17) is 4.74 Å². The molecule has 0 aliphatic carbocycles. The van der Waals surface area contributed by atoms with Gasteiger partial charge in [0.1, 0.15) is 0 Å². The number of thiol groups is 1. The first-order valence-corrected chi connectivity index (χ1v) is 4.68. The Bertz CT molecular complexity index is 210. The molecule has 0 radical (unpaired) electrons. The molecule has 66 valence electrons. The van der Waals surface area contributed by atoms with E-state index in [-0.39, 0.29) is 0 Å². The van der Waals surface area contributed by atoms with Crippen LogP contribution >= 0.6 is 12.6 Å². The van der Waals surface area contributed by atoms with Gasteiger partial charge in [-0.05, 0) is 23.3 Å². The number of methoxy groups -OCH3 is 1. The highest BCUT2D eigenvalue weighted by Gasteiger charge is 1.98. The van der Waals surface area contributed by atoms with Crippen molar-refractivity contribution in [3.05, 3.63) is 35.4 Å². The Labute approximate surface area is 79.2 Å². The van der Waals surface area contributed by atoms with Gasteiger partial charge in [0.25, 0.3) is 0 Å². The number of benzene rings is 1. The van der Waals surface area contributed by atoms with Gasteiger partial charge in [-0.3, -0.25) is 0 Å². The normalized spacial score (nSPS) is 10.2. The molecule has 0 fully saturated rings. The third-order valence-electron chi connectivity index (χ3n) is 1.80. The second-order valence-corrected chi connectivity index (χ2v) is 3.12. The fourth-order valence-electron chi connectivity index (χ4n) is 1.22. The Balaban J connectivity index is 2.77. The van der Waals surface area contributed by atoms with Crippen LogP contribution in [0.4, 0.5) is 0 Å². The summed E-state index contributed by atoms with van der Waals surface area (Å²) in [6, 6.07) is 8.32. The van der Waals surface area contributed by atoms with E-state index in [1.807, 2.05) is 6.07 Å². The molecular weight excluding hydrogens is 168 g/mol. The van der Waals surface area contributed by atoms with E-state index >= 15 is 0 Å².